The standard InChI is InChI=1S/C18H26N2O3/c1-13(2)19-17(22)14-8-4-5-9-15(14)20-16(21)12-18(23)10-6-3-7-11-18/h4-5,8-9,13,23H,3,6-7,10-12H2,1-2H3,(H,19,22)(H,20,21). The van der Waals surface area contributed by atoms with Crippen molar-refractivity contribution in [1.29, 1.82) is 0 Å². The summed E-state index contributed by atoms with van der Waals surface area (Å²) in [6, 6.07) is 6.95. The third-order valence-corrected chi connectivity index (χ3v) is 4.14. The van der Waals surface area contributed by atoms with Crippen molar-refractivity contribution in [2.24, 2.45) is 0 Å². The molecular weight excluding hydrogens is 292 g/mol. The molecule has 1 aliphatic rings. The van der Waals surface area contributed by atoms with Gasteiger partial charge in [-0.25, -0.2) is 0 Å². The number of amides is 2. The maximum atomic E-state index is 12.3. The molecular formula is C18H26N2O3. The first-order valence-electron chi connectivity index (χ1n) is 8.32. The second kappa shape index (κ2) is 7.59. The molecule has 0 atom stereocenters. The lowest BCUT2D eigenvalue weighted by Gasteiger charge is -2.31. The smallest absolute Gasteiger partial charge is 0.253 e. The molecule has 2 rings (SSSR count). The first-order chi connectivity index (χ1) is 10.9. The van der Waals surface area contributed by atoms with Gasteiger partial charge in [-0.05, 0) is 38.8 Å². The van der Waals surface area contributed by atoms with Crippen molar-refractivity contribution in [3.8, 4) is 0 Å². The van der Waals surface area contributed by atoms with E-state index in [1.807, 2.05) is 13.8 Å². The number of carbonyl (C=O) groups excluding carboxylic acids is 2. The van der Waals surface area contributed by atoms with Crippen molar-refractivity contribution < 1.29 is 14.7 Å². The van der Waals surface area contributed by atoms with Crippen molar-refractivity contribution >= 4 is 17.5 Å². The van der Waals surface area contributed by atoms with Gasteiger partial charge >= 0.3 is 0 Å². The van der Waals surface area contributed by atoms with Gasteiger partial charge in [0, 0.05) is 6.04 Å². The molecule has 0 aromatic heterocycles. The summed E-state index contributed by atoms with van der Waals surface area (Å²) in [4.78, 5) is 24.5. The number of carbonyl (C=O) groups is 2. The van der Waals surface area contributed by atoms with Crippen molar-refractivity contribution in [3.05, 3.63) is 29.8 Å². The van der Waals surface area contributed by atoms with E-state index in [1.165, 1.54) is 0 Å². The molecule has 5 nitrogen and oxygen atoms in total. The molecule has 126 valence electrons. The van der Waals surface area contributed by atoms with E-state index in [4.69, 9.17) is 0 Å². The largest absolute Gasteiger partial charge is 0.389 e. The Hall–Kier alpha value is -1.88. The minimum Gasteiger partial charge on any atom is -0.389 e. The van der Waals surface area contributed by atoms with Gasteiger partial charge < -0.3 is 15.7 Å². The lowest BCUT2D eigenvalue weighted by Crippen LogP contribution is -2.36. The number of rotatable bonds is 5. The average molecular weight is 318 g/mol. The number of nitrogens with one attached hydrogen (secondary N) is 2. The highest BCUT2D eigenvalue weighted by Gasteiger charge is 2.31. The summed E-state index contributed by atoms with van der Waals surface area (Å²) in [5, 5.41) is 16.1. The predicted molar refractivity (Wildman–Crippen MR) is 90.3 cm³/mol. The van der Waals surface area contributed by atoms with E-state index < -0.39 is 5.60 Å². The van der Waals surface area contributed by atoms with Crippen molar-refractivity contribution in [3.63, 3.8) is 0 Å². The molecule has 0 radical (unpaired) electrons. The number of benzene rings is 1. The van der Waals surface area contributed by atoms with Crippen LogP contribution in [0.2, 0.25) is 0 Å². The van der Waals surface area contributed by atoms with Crippen molar-refractivity contribution in [2.45, 2.75) is 64.0 Å². The van der Waals surface area contributed by atoms with E-state index in [1.54, 1.807) is 24.3 Å². The minimum absolute atomic E-state index is 0.0224. The summed E-state index contributed by atoms with van der Waals surface area (Å²) in [6.07, 6.45) is 4.43. The van der Waals surface area contributed by atoms with Gasteiger partial charge in [-0.2, -0.15) is 0 Å². The molecule has 1 aromatic rings. The summed E-state index contributed by atoms with van der Waals surface area (Å²) in [7, 11) is 0. The van der Waals surface area contributed by atoms with Crippen LogP contribution < -0.4 is 10.6 Å². The van der Waals surface area contributed by atoms with Gasteiger partial charge in [0.2, 0.25) is 5.91 Å². The Balaban J connectivity index is 2.04. The zero-order valence-electron chi connectivity index (χ0n) is 13.9. The molecule has 0 heterocycles. The van der Waals surface area contributed by atoms with E-state index in [-0.39, 0.29) is 24.3 Å². The van der Waals surface area contributed by atoms with Gasteiger partial charge in [0.25, 0.3) is 5.91 Å². The van der Waals surface area contributed by atoms with Crippen LogP contribution in [0.5, 0.6) is 0 Å². The zero-order valence-corrected chi connectivity index (χ0v) is 13.9. The first kappa shape index (κ1) is 17.5. The molecule has 0 aliphatic heterocycles. The Morgan fingerprint density at radius 1 is 1.17 bits per heavy atom. The van der Waals surface area contributed by atoms with E-state index in [2.05, 4.69) is 10.6 Å². The normalized spacial score (nSPS) is 16.9. The van der Waals surface area contributed by atoms with E-state index in [9.17, 15) is 14.7 Å². The topological polar surface area (TPSA) is 78.4 Å². The Labute approximate surface area is 137 Å². The molecule has 1 aromatic carbocycles. The van der Waals surface area contributed by atoms with Crippen molar-refractivity contribution in [1.82, 2.24) is 5.32 Å². The number of para-hydroxylation sites is 1. The quantitative estimate of drug-likeness (QED) is 0.781. The Bertz CT molecular complexity index is 563. The highest BCUT2D eigenvalue weighted by Crippen LogP contribution is 2.31. The number of hydrogen-bond acceptors (Lipinski definition) is 3. The molecule has 3 N–H and O–H groups in total. The molecule has 0 unspecified atom stereocenters. The van der Waals surface area contributed by atoms with Crippen LogP contribution in [-0.2, 0) is 4.79 Å². The fraction of sp³-hybridized carbons (Fsp3) is 0.556. The third kappa shape index (κ3) is 5.06. The van der Waals surface area contributed by atoms with Crippen LogP contribution in [0.3, 0.4) is 0 Å². The van der Waals surface area contributed by atoms with E-state index in [0.29, 0.717) is 24.1 Å². The summed E-state index contributed by atoms with van der Waals surface area (Å²) in [6.45, 7) is 3.77. The Morgan fingerprint density at radius 3 is 2.48 bits per heavy atom. The second-order valence-corrected chi connectivity index (χ2v) is 6.68. The monoisotopic (exact) mass is 318 g/mol. The zero-order chi connectivity index (χ0) is 16.9. The van der Waals surface area contributed by atoms with Crippen LogP contribution in [0.15, 0.2) is 24.3 Å². The highest BCUT2D eigenvalue weighted by atomic mass is 16.3. The van der Waals surface area contributed by atoms with Crippen LogP contribution in [0.25, 0.3) is 0 Å². The van der Waals surface area contributed by atoms with Crippen LogP contribution in [0, 0.1) is 0 Å². The van der Waals surface area contributed by atoms with Gasteiger partial charge in [-0.15, -0.1) is 0 Å². The van der Waals surface area contributed by atoms with E-state index >= 15 is 0 Å². The van der Waals surface area contributed by atoms with Gasteiger partial charge in [-0.1, -0.05) is 31.4 Å². The predicted octanol–water partition coefficient (Wildman–Crippen LogP) is 2.85. The van der Waals surface area contributed by atoms with Gasteiger partial charge in [-0.3, -0.25) is 9.59 Å². The highest BCUT2D eigenvalue weighted by molar-refractivity contribution is 6.03. The first-order valence-corrected chi connectivity index (χ1v) is 8.32. The summed E-state index contributed by atoms with van der Waals surface area (Å²) >= 11 is 0. The lowest BCUT2D eigenvalue weighted by molar-refractivity contribution is -0.122. The van der Waals surface area contributed by atoms with Crippen LogP contribution in [0.1, 0.15) is 62.7 Å². The number of anilines is 1. The van der Waals surface area contributed by atoms with E-state index in [0.717, 1.165) is 19.3 Å². The molecule has 0 saturated heterocycles. The molecule has 1 aliphatic carbocycles. The van der Waals surface area contributed by atoms with Crippen LogP contribution in [-0.4, -0.2) is 28.6 Å². The lowest BCUT2D eigenvalue weighted by atomic mass is 9.82. The SMILES string of the molecule is CC(C)NC(=O)c1ccccc1NC(=O)CC1(O)CCCCC1. The number of hydrogen-bond donors (Lipinski definition) is 3. The molecule has 0 bridgehead atoms. The molecule has 0 spiro atoms. The molecule has 23 heavy (non-hydrogen) atoms. The summed E-state index contributed by atoms with van der Waals surface area (Å²) < 4.78 is 0. The molecule has 1 saturated carbocycles. The maximum absolute atomic E-state index is 12.3. The van der Waals surface area contributed by atoms with Crippen molar-refractivity contribution in [2.75, 3.05) is 5.32 Å². The average Bonchev–Trinajstić information content (AvgIpc) is 2.47. The Kier molecular flexibility index (Phi) is 5.77. The summed E-state index contributed by atoms with van der Waals surface area (Å²) in [5.74, 6) is -0.466. The van der Waals surface area contributed by atoms with Gasteiger partial charge in [0.1, 0.15) is 0 Å². The number of aliphatic hydroxyl groups is 1. The van der Waals surface area contributed by atoms with Crippen LogP contribution >= 0.6 is 0 Å². The maximum Gasteiger partial charge on any atom is 0.253 e. The van der Waals surface area contributed by atoms with Crippen LogP contribution in [0.4, 0.5) is 5.69 Å². The molecule has 1 fully saturated rings. The molecule has 2 amide bonds. The fourth-order valence-electron chi connectivity index (χ4n) is 3.01. The Morgan fingerprint density at radius 2 is 1.83 bits per heavy atom. The fourth-order valence-corrected chi connectivity index (χ4v) is 3.01. The second-order valence-electron chi connectivity index (χ2n) is 6.68. The summed E-state index contributed by atoms with van der Waals surface area (Å²) in [5.41, 5.74) is 0.0116. The third-order valence-electron chi connectivity index (χ3n) is 4.14. The van der Waals surface area contributed by atoms with Gasteiger partial charge in [0.15, 0.2) is 0 Å². The minimum atomic E-state index is -0.905. The molecule has 5 heteroatoms. The van der Waals surface area contributed by atoms with Gasteiger partial charge in [0.05, 0.1) is 23.3 Å².